The second-order valence-corrected chi connectivity index (χ2v) is 5.32. The van der Waals surface area contributed by atoms with Crippen molar-refractivity contribution in [2.45, 2.75) is 20.4 Å². The molecule has 21 heavy (non-hydrogen) atoms. The number of benzene rings is 1. The van der Waals surface area contributed by atoms with Gasteiger partial charge in [-0.1, -0.05) is 13.8 Å². The molecule has 7 heteroatoms. The number of imidazole rings is 1. The summed E-state index contributed by atoms with van der Waals surface area (Å²) in [7, 11) is 0. The Balaban J connectivity index is 2.42. The van der Waals surface area contributed by atoms with Gasteiger partial charge in [0.25, 0.3) is 5.69 Å². The van der Waals surface area contributed by atoms with Crippen LogP contribution in [0.15, 0.2) is 33.7 Å². The van der Waals surface area contributed by atoms with Crippen molar-refractivity contribution in [1.82, 2.24) is 9.55 Å². The Labute approximate surface area is 119 Å². The summed E-state index contributed by atoms with van der Waals surface area (Å²) >= 11 is 0. The lowest BCUT2D eigenvalue weighted by Gasteiger charge is -2.08. The highest BCUT2D eigenvalue weighted by Crippen LogP contribution is 2.26. The molecule has 2 heterocycles. The van der Waals surface area contributed by atoms with Crippen LogP contribution in [-0.4, -0.2) is 14.5 Å². The maximum atomic E-state index is 11.9. The molecule has 7 nitrogen and oxygen atoms in total. The van der Waals surface area contributed by atoms with Crippen LogP contribution in [-0.2, 0) is 6.54 Å². The van der Waals surface area contributed by atoms with E-state index in [4.69, 9.17) is 4.42 Å². The number of fused-ring (bicyclic) bond motifs is 3. The number of rotatable bonds is 3. The van der Waals surface area contributed by atoms with Gasteiger partial charge in [0.05, 0.1) is 22.2 Å². The second-order valence-electron chi connectivity index (χ2n) is 5.32. The molecule has 0 unspecified atom stereocenters. The molecule has 0 amide bonds. The van der Waals surface area contributed by atoms with Crippen LogP contribution in [0, 0.1) is 16.0 Å². The van der Waals surface area contributed by atoms with Gasteiger partial charge < -0.3 is 8.98 Å². The van der Waals surface area contributed by atoms with Gasteiger partial charge in [-0.25, -0.2) is 9.78 Å². The molecule has 0 bridgehead atoms. The Hall–Kier alpha value is -2.70. The number of nitrogens with zero attached hydrogens (tertiary/aromatic N) is 3. The summed E-state index contributed by atoms with van der Waals surface area (Å²) < 4.78 is 7.01. The molecule has 3 aromatic rings. The van der Waals surface area contributed by atoms with E-state index in [0.29, 0.717) is 28.9 Å². The van der Waals surface area contributed by atoms with Gasteiger partial charge in [0.2, 0.25) is 0 Å². The topological polar surface area (TPSA) is 91.2 Å². The molecule has 0 fully saturated rings. The molecule has 0 atom stereocenters. The lowest BCUT2D eigenvalue weighted by atomic mass is 10.1. The first-order chi connectivity index (χ1) is 9.97. The molecule has 0 saturated carbocycles. The van der Waals surface area contributed by atoms with Gasteiger partial charge in [-0.2, -0.15) is 0 Å². The largest absolute Gasteiger partial charge is 0.421 e. The first-order valence-corrected chi connectivity index (χ1v) is 6.53. The SMILES string of the molecule is CC(C)Cn1cnc2c(=O)oc3ccc([N+](=O)[O-])cc3c21. The molecular weight excluding hydrogens is 274 g/mol. The number of aromatic nitrogens is 2. The van der Waals surface area contributed by atoms with Gasteiger partial charge in [-0.15, -0.1) is 0 Å². The normalized spacial score (nSPS) is 11.6. The van der Waals surface area contributed by atoms with Crippen LogP contribution >= 0.6 is 0 Å². The molecule has 108 valence electrons. The Morgan fingerprint density at radius 2 is 2.19 bits per heavy atom. The van der Waals surface area contributed by atoms with E-state index >= 15 is 0 Å². The van der Waals surface area contributed by atoms with E-state index in [1.165, 1.54) is 18.2 Å². The fraction of sp³-hybridized carbons (Fsp3) is 0.286. The zero-order valence-corrected chi connectivity index (χ0v) is 11.6. The fourth-order valence-corrected chi connectivity index (χ4v) is 2.40. The quantitative estimate of drug-likeness (QED) is 0.419. The lowest BCUT2D eigenvalue weighted by Crippen LogP contribution is -2.05. The zero-order valence-electron chi connectivity index (χ0n) is 11.6. The minimum Gasteiger partial charge on any atom is -0.421 e. The van der Waals surface area contributed by atoms with Crippen molar-refractivity contribution in [3.05, 3.63) is 45.1 Å². The van der Waals surface area contributed by atoms with Crippen molar-refractivity contribution < 1.29 is 9.34 Å². The van der Waals surface area contributed by atoms with Crippen molar-refractivity contribution >= 4 is 27.7 Å². The monoisotopic (exact) mass is 287 g/mol. The smallest absolute Gasteiger partial charge is 0.364 e. The van der Waals surface area contributed by atoms with Crippen LogP contribution in [0.1, 0.15) is 13.8 Å². The molecule has 0 saturated heterocycles. The van der Waals surface area contributed by atoms with Gasteiger partial charge in [0.15, 0.2) is 5.52 Å². The van der Waals surface area contributed by atoms with Gasteiger partial charge in [0, 0.05) is 18.7 Å². The first kappa shape index (κ1) is 13.3. The Bertz CT molecular complexity index is 908. The molecule has 0 aliphatic heterocycles. The fourth-order valence-electron chi connectivity index (χ4n) is 2.40. The second kappa shape index (κ2) is 4.69. The average molecular weight is 287 g/mol. The van der Waals surface area contributed by atoms with Crippen molar-refractivity contribution in [1.29, 1.82) is 0 Å². The van der Waals surface area contributed by atoms with E-state index in [2.05, 4.69) is 4.98 Å². The van der Waals surface area contributed by atoms with E-state index in [-0.39, 0.29) is 11.2 Å². The number of hydrogen-bond acceptors (Lipinski definition) is 5. The minimum absolute atomic E-state index is 0.0463. The van der Waals surface area contributed by atoms with Gasteiger partial charge >= 0.3 is 5.63 Å². The predicted molar refractivity (Wildman–Crippen MR) is 77.3 cm³/mol. The van der Waals surface area contributed by atoms with E-state index in [1.807, 2.05) is 18.4 Å². The van der Waals surface area contributed by atoms with Crippen LogP contribution in [0.2, 0.25) is 0 Å². The van der Waals surface area contributed by atoms with Crippen molar-refractivity contribution in [2.75, 3.05) is 0 Å². The summed E-state index contributed by atoms with van der Waals surface area (Å²) in [5, 5.41) is 11.5. The van der Waals surface area contributed by atoms with E-state index in [1.54, 1.807) is 6.33 Å². The zero-order chi connectivity index (χ0) is 15.1. The van der Waals surface area contributed by atoms with Gasteiger partial charge in [0.1, 0.15) is 5.58 Å². The first-order valence-electron chi connectivity index (χ1n) is 6.53. The lowest BCUT2D eigenvalue weighted by molar-refractivity contribution is -0.384. The maximum absolute atomic E-state index is 11.9. The summed E-state index contributed by atoms with van der Waals surface area (Å²) in [6.45, 7) is 4.75. The molecule has 0 aliphatic rings. The number of non-ortho nitro benzene ring substituents is 1. The molecule has 1 aromatic carbocycles. The van der Waals surface area contributed by atoms with Gasteiger partial charge in [-0.3, -0.25) is 10.1 Å². The maximum Gasteiger partial charge on any atom is 0.364 e. The molecule has 0 N–H and O–H groups in total. The Morgan fingerprint density at radius 1 is 1.43 bits per heavy atom. The van der Waals surface area contributed by atoms with E-state index in [9.17, 15) is 14.9 Å². The Morgan fingerprint density at radius 3 is 2.86 bits per heavy atom. The van der Waals surface area contributed by atoms with Crippen LogP contribution < -0.4 is 5.63 Å². The highest BCUT2D eigenvalue weighted by molar-refractivity contribution is 6.01. The highest BCUT2D eigenvalue weighted by Gasteiger charge is 2.16. The predicted octanol–water partition coefficient (Wildman–Crippen LogP) is 2.71. The number of nitro benzene ring substituents is 1. The summed E-state index contributed by atoms with van der Waals surface area (Å²) in [6.07, 6.45) is 1.57. The third-order valence-electron chi connectivity index (χ3n) is 3.22. The molecule has 0 aliphatic carbocycles. The molecule has 0 spiro atoms. The van der Waals surface area contributed by atoms with Crippen molar-refractivity contribution in [3.63, 3.8) is 0 Å². The van der Waals surface area contributed by atoms with Crippen molar-refractivity contribution in [2.24, 2.45) is 5.92 Å². The summed E-state index contributed by atoms with van der Waals surface area (Å²) in [4.78, 5) is 26.5. The Kier molecular flexibility index (Phi) is 2.97. The molecule has 3 rings (SSSR count). The minimum atomic E-state index is -0.533. The van der Waals surface area contributed by atoms with Crippen LogP contribution in [0.5, 0.6) is 0 Å². The standard InChI is InChI=1S/C14H13N3O4/c1-8(2)6-16-7-15-12-13(16)10-5-9(17(19)20)3-4-11(10)21-14(12)18/h3-5,7-8H,6H2,1-2H3. The van der Waals surface area contributed by atoms with Crippen molar-refractivity contribution in [3.8, 4) is 0 Å². The van der Waals surface area contributed by atoms with Crippen LogP contribution in [0.4, 0.5) is 5.69 Å². The van der Waals surface area contributed by atoms with E-state index in [0.717, 1.165) is 0 Å². The molecule has 0 radical (unpaired) electrons. The third kappa shape index (κ3) is 2.16. The van der Waals surface area contributed by atoms with Gasteiger partial charge in [-0.05, 0) is 12.0 Å². The number of nitro groups is 1. The third-order valence-corrected chi connectivity index (χ3v) is 3.22. The van der Waals surface area contributed by atoms with Crippen LogP contribution in [0.3, 0.4) is 0 Å². The molecular formula is C14H13N3O4. The average Bonchev–Trinajstić information content (AvgIpc) is 2.82. The van der Waals surface area contributed by atoms with E-state index < -0.39 is 10.5 Å². The van der Waals surface area contributed by atoms with Crippen LogP contribution in [0.25, 0.3) is 22.0 Å². The summed E-state index contributed by atoms with van der Waals surface area (Å²) in [5.41, 5.74) is 0.523. The molecule has 2 aromatic heterocycles. The summed E-state index contributed by atoms with van der Waals surface area (Å²) in [5.74, 6) is 0.350. The highest BCUT2D eigenvalue weighted by atomic mass is 16.6. The number of hydrogen-bond donors (Lipinski definition) is 0. The summed E-state index contributed by atoms with van der Waals surface area (Å²) in [6, 6.07) is 4.18.